The van der Waals surface area contributed by atoms with E-state index in [9.17, 15) is 4.79 Å². The first kappa shape index (κ1) is 15.7. The third-order valence-electron chi connectivity index (χ3n) is 4.30. The molecule has 4 heteroatoms. The van der Waals surface area contributed by atoms with Crippen LogP contribution in [0, 0.1) is 19.8 Å². The van der Waals surface area contributed by atoms with Gasteiger partial charge in [-0.25, -0.2) is 5.43 Å². The summed E-state index contributed by atoms with van der Waals surface area (Å²) in [7, 11) is 0. The Labute approximate surface area is 137 Å². The van der Waals surface area contributed by atoms with E-state index in [-0.39, 0.29) is 17.9 Å². The Morgan fingerprint density at radius 3 is 2.65 bits per heavy atom. The van der Waals surface area contributed by atoms with Gasteiger partial charge in [0.2, 0.25) is 5.91 Å². The third-order valence-corrected chi connectivity index (χ3v) is 4.30. The average Bonchev–Trinajstić information content (AvgIpc) is 3.03. The van der Waals surface area contributed by atoms with Gasteiger partial charge in [0.15, 0.2) is 0 Å². The summed E-state index contributed by atoms with van der Waals surface area (Å²) in [6, 6.07) is 16.6. The Balaban J connectivity index is 1.65. The maximum atomic E-state index is 12.6. The summed E-state index contributed by atoms with van der Waals surface area (Å²) < 4.78 is 0. The minimum absolute atomic E-state index is 0.00751. The molecule has 1 amide bonds. The predicted octanol–water partition coefficient (Wildman–Crippen LogP) is 2.38. The molecule has 2 aromatic carbocycles. The van der Waals surface area contributed by atoms with Crippen LogP contribution in [0.4, 0.5) is 0 Å². The van der Waals surface area contributed by atoms with Crippen LogP contribution in [0.5, 0.6) is 0 Å². The molecule has 3 N–H and O–H groups in total. The zero-order chi connectivity index (χ0) is 16.2. The van der Waals surface area contributed by atoms with Gasteiger partial charge in [-0.05, 0) is 25.0 Å². The molecule has 0 bridgehead atoms. The predicted molar refractivity (Wildman–Crippen MR) is 91.6 cm³/mol. The van der Waals surface area contributed by atoms with E-state index in [1.807, 2.05) is 12.1 Å². The van der Waals surface area contributed by atoms with Crippen LogP contribution in [0.25, 0.3) is 0 Å². The van der Waals surface area contributed by atoms with Crippen molar-refractivity contribution < 1.29 is 4.79 Å². The monoisotopic (exact) mass is 309 g/mol. The Hall–Kier alpha value is -2.17. The van der Waals surface area contributed by atoms with Crippen molar-refractivity contribution in [3.63, 3.8) is 0 Å². The maximum Gasteiger partial charge on any atom is 0.226 e. The number of amides is 1. The van der Waals surface area contributed by atoms with Crippen LogP contribution in [0.1, 0.15) is 28.3 Å². The summed E-state index contributed by atoms with van der Waals surface area (Å²) in [5.41, 5.74) is 11.0. The van der Waals surface area contributed by atoms with E-state index >= 15 is 0 Å². The molecular formula is C19H23N3O. The summed E-state index contributed by atoms with van der Waals surface area (Å²) in [6.45, 7) is 5.33. The van der Waals surface area contributed by atoms with Crippen LogP contribution in [0.15, 0.2) is 48.5 Å². The zero-order valence-electron chi connectivity index (χ0n) is 13.6. The molecule has 2 aromatic rings. The first-order valence-corrected chi connectivity index (χ1v) is 8.02. The molecule has 0 saturated carbocycles. The third kappa shape index (κ3) is 3.78. The Bertz CT molecular complexity index is 681. The normalized spacial score (nSPS) is 20.4. The van der Waals surface area contributed by atoms with E-state index in [1.54, 1.807) is 0 Å². The molecule has 0 aromatic heterocycles. The first-order valence-electron chi connectivity index (χ1n) is 8.02. The Morgan fingerprint density at radius 1 is 1.13 bits per heavy atom. The summed E-state index contributed by atoms with van der Waals surface area (Å²) in [6.07, 6.45) is 0. The lowest BCUT2D eigenvalue weighted by atomic mass is 9.93. The molecule has 1 aliphatic rings. The molecule has 0 radical (unpaired) electrons. The number of rotatable bonds is 4. The molecule has 0 aliphatic carbocycles. The van der Waals surface area contributed by atoms with Crippen LogP contribution < -0.4 is 16.2 Å². The second kappa shape index (κ2) is 6.94. The fourth-order valence-corrected chi connectivity index (χ4v) is 2.97. The fraction of sp³-hybridized carbons (Fsp3) is 0.316. The van der Waals surface area contributed by atoms with Crippen LogP contribution in [0.2, 0.25) is 0 Å². The van der Waals surface area contributed by atoms with Crippen molar-refractivity contribution in [2.45, 2.75) is 26.4 Å². The number of aryl methyl sites for hydroxylation is 2. The van der Waals surface area contributed by atoms with Gasteiger partial charge in [0.05, 0.1) is 12.0 Å². The van der Waals surface area contributed by atoms with E-state index in [2.05, 4.69) is 66.4 Å². The largest absolute Gasteiger partial charge is 0.352 e. The number of carbonyl (C=O) groups is 1. The van der Waals surface area contributed by atoms with Gasteiger partial charge < -0.3 is 5.32 Å². The van der Waals surface area contributed by atoms with Gasteiger partial charge in [0.1, 0.15) is 0 Å². The second-order valence-electron chi connectivity index (χ2n) is 6.23. The molecule has 23 heavy (non-hydrogen) atoms. The van der Waals surface area contributed by atoms with Gasteiger partial charge in [0.25, 0.3) is 0 Å². The summed E-state index contributed by atoms with van der Waals surface area (Å²) in [4.78, 5) is 12.6. The number of hydrazine groups is 1. The van der Waals surface area contributed by atoms with Crippen molar-refractivity contribution in [1.29, 1.82) is 0 Å². The van der Waals surface area contributed by atoms with Crippen molar-refractivity contribution in [3.05, 3.63) is 70.8 Å². The van der Waals surface area contributed by atoms with Crippen LogP contribution in [-0.2, 0) is 11.3 Å². The first-order chi connectivity index (χ1) is 11.1. The van der Waals surface area contributed by atoms with Crippen molar-refractivity contribution >= 4 is 5.91 Å². The highest BCUT2D eigenvalue weighted by Gasteiger charge is 2.33. The molecule has 2 atom stereocenters. The summed E-state index contributed by atoms with van der Waals surface area (Å²) in [5, 5.41) is 3.06. The summed E-state index contributed by atoms with van der Waals surface area (Å²) >= 11 is 0. The van der Waals surface area contributed by atoms with Gasteiger partial charge in [-0.3, -0.25) is 10.2 Å². The number of hydrogen-bond acceptors (Lipinski definition) is 3. The van der Waals surface area contributed by atoms with Crippen LogP contribution in [0.3, 0.4) is 0 Å². The van der Waals surface area contributed by atoms with Crippen molar-refractivity contribution in [3.8, 4) is 0 Å². The lowest BCUT2D eigenvalue weighted by Gasteiger charge is -2.18. The quantitative estimate of drug-likeness (QED) is 0.813. The topological polar surface area (TPSA) is 53.2 Å². The standard InChI is InChI=1S/C19H23N3O/c1-13-6-8-16(9-7-13)18-17(12-21-22-18)19(23)20-11-15-5-3-4-14(2)10-15/h3-10,17-18,21-22H,11-12H2,1-2H3,(H,20,23). The minimum atomic E-state index is -0.109. The average molecular weight is 309 g/mol. The van der Waals surface area contributed by atoms with Gasteiger partial charge in [-0.1, -0.05) is 59.7 Å². The second-order valence-corrected chi connectivity index (χ2v) is 6.23. The highest BCUT2D eigenvalue weighted by molar-refractivity contribution is 5.80. The zero-order valence-corrected chi connectivity index (χ0v) is 13.6. The van der Waals surface area contributed by atoms with E-state index in [0.717, 1.165) is 11.1 Å². The lowest BCUT2D eigenvalue weighted by molar-refractivity contribution is -0.125. The Kier molecular flexibility index (Phi) is 4.74. The Morgan fingerprint density at radius 2 is 1.91 bits per heavy atom. The fourth-order valence-electron chi connectivity index (χ4n) is 2.97. The molecule has 0 spiro atoms. The van der Waals surface area contributed by atoms with Crippen molar-refractivity contribution in [2.75, 3.05) is 6.54 Å². The number of carbonyl (C=O) groups excluding carboxylic acids is 1. The summed E-state index contributed by atoms with van der Waals surface area (Å²) in [5.74, 6) is -0.0305. The van der Waals surface area contributed by atoms with Gasteiger partial charge in [-0.15, -0.1) is 0 Å². The van der Waals surface area contributed by atoms with Gasteiger partial charge >= 0.3 is 0 Å². The van der Waals surface area contributed by atoms with E-state index in [4.69, 9.17) is 0 Å². The molecule has 1 saturated heterocycles. The minimum Gasteiger partial charge on any atom is -0.352 e. The number of benzene rings is 2. The van der Waals surface area contributed by atoms with Crippen molar-refractivity contribution in [1.82, 2.24) is 16.2 Å². The van der Waals surface area contributed by atoms with Crippen LogP contribution >= 0.6 is 0 Å². The van der Waals surface area contributed by atoms with Crippen LogP contribution in [-0.4, -0.2) is 12.5 Å². The van der Waals surface area contributed by atoms with E-state index in [0.29, 0.717) is 13.1 Å². The maximum absolute atomic E-state index is 12.6. The number of hydrogen-bond donors (Lipinski definition) is 3. The van der Waals surface area contributed by atoms with Crippen molar-refractivity contribution in [2.24, 2.45) is 5.92 Å². The van der Waals surface area contributed by atoms with E-state index < -0.39 is 0 Å². The highest BCUT2D eigenvalue weighted by atomic mass is 16.2. The lowest BCUT2D eigenvalue weighted by Crippen LogP contribution is -2.34. The molecule has 1 aliphatic heterocycles. The molecule has 1 fully saturated rings. The smallest absolute Gasteiger partial charge is 0.226 e. The molecule has 120 valence electrons. The molecule has 3 rings (SSSR count). The molecule has 1 heterocycles. The molecule has 2 unspecified atom stereocenters. The van der Waals surface area contributed by atoms with Gasteiger partial charge in [0, 0.05) is 13.1 Å². The number of nitrogens with one attached hydrogen (secondary N) is 3. The SMILES string of the molecule is Cc1ccc(C2NNCC2C(=O)NCc2cccc(C)c2)cc1. The molecular weight excluding hydrogens is 286 g/mol. The molecule has 4 nitrogen and oxygen atoms in total. The highest BCUT2D eigenvalue weighted by Crippen LogP contribution is 2.25. The van der Waals surface area contributed by atoms with Gasteiger partial charge in [-0.2, -0.15) is 0 Å². The van der Waals surface area contributed by atoms with E-state index in [1.165, 1.54) is 11.1 Å².